The number of hydrogen-bond acceptors (Lipinski definition) is 6. The zero-order chi connectivity index (χ0) is 18.0. The third kappa shape index (κ3) is 4.13. The van der Waals surface area contributed by atoms with E-state index in [0.29, 0.717) is 30.9 Å². The Morgan fingerprint density at radius 1 is 1.52 bits per heavy atom. The fourth-order valence-electron chi connectivity index (χ4n) is 2.87. The lowest BCUT2D eigenvalue weighted by atomic mass is 10.1. The van der Waals surface area contributed by atoms with Crippen LogP contribution in [0.2, 0.25) is 0 Å². The summed E-state index contributed by atoms with van der Waals surface area (Å²) < 4.78 is 39.3. The summed E-state index contributed by atoms with van der Waals surface area (Å²) >= 11 is 0. The van der Waals surface area contributed by atoms with E-state index in [4.69, 9.17) is 5.73 Å². The molecule has 1 aromatic heterocycles. The molecule has 1 aromatic rings. The maximum absolute atomic E-state index is 13.2. The maximum atomic E-state index is 13.2. The second kappa shape index (κ2) is 7.04. The summed E-state index contributed by atoms with van der Waals surface area (Å²) in [6, 6.07) is 0.0388. The normalized spacial score (nSPS) is 29.4. The van der Waals surface area contributed by atoms with Crippen molar-refractivity contribution < 1.29 is 13.2 Å². The molecule has 3 heterocycles. The highest BCUT2D eigenvalue weighted by Gasteiger charge is 2.32. The highest BCUT2D eigenvalue weighted by atomic mass is 19.3. The minimum absolute atomic E-state index is 0.0388. The molecule has 7 nitrogen and oxygen atoms in total. The van der Waals surface area contributed by atoms with Crippen molar-refractivity contribution in [1.29, 1.82) is 0 Å². The first-order valence-electron chi connectivity index (χ1n) is 8.11. The van der Waals surface area contributed by atoms with E-state index in [1.165, 1.54) is 12.4 Å². The van der Waals surface area contributed by atoms with Crippen LogP contribution in [-0.2, 0) is 12.3 Å². The largest absolute Gasteiger partial charge is 0.370 e. The van der Waals surface area contributed by atoms with Gasteiger partial charge >= 0.3 is 0 Å². The summed E-state index contributed by atoms with van der Waals surface area (Å²) in [5.74, 6) is -0.628. The molecule has 1 unspecified atom stereocenters. The van der Waals surface area contributed by atoms with E-state index < -0.39 is 24.9 Å². The van der Waals surface area contributed by atoms with Gasteiger partial charge in [0.1, 0.15) is 18.5 Å². The molecule has 1 fully saturated rings. The van der Waals surface area contributed by atoms with E-state index in [1.54, 1.807) is 6.21 Å². The van der Waals surface area contributed by atoms with Crippen molar-refractivity contribution in [1.82, 2.24) is 25.7 Å². The van der Waals surface area contributed by atoms with Gasteiger partial charge in [0.2, 0.25) is 5.79 Å². The fraction of sp³-hybridized carbons (Fsp3) is 0.600. The summed E-state index contributed by atoms with van der Waals surface area (Å²) in [5.41, 5.74) is 7.60. The molecule has 0 spiro atoms. The predicted molar refractivity (Wildman–Crippen MR) is 87.7 cm³/mol. The van der Waals surface area contributed by atoms with Crippen molar-refractivity contribution in [3.63, 3.8) is 0 Å². The van der Waals surface area contributed by atoms with Crippen molar-refractivity contribution in [2.75, 3.05) is 13.1 Å². The summed E-state index contributed by atoms with van der Waals surface area (Å²) in [6.45, 7) is 2.26. The lowest BCUT2D eigenvalue weighted by molar-refractivity contribution is 0.121. The van der Waals surface area contributed by atoms with Gasteiger partial charge in [-0.1, -0.05) is 0 Å². The number of rotatable bonds is 6. The van der Waals surface area contributed by atoms with E-state index in [2.05, 4.69) is 26.0 Å². The predicted octanol–water partition coefficient (Wildman–Crippen LogP) is 0.412. The van der Waals surface area contributed by atoms with Crippen LogP contribution < -0.4 is 21.7 Å². The van der Waals surface area contributed by atoms with Crippen LogP contribution in [0, 0.1) is 0 Å². The molecule has 5 N–H and O–H groups in total. The van der Waals surface area contributed by atoms with Crippen LogP contribution in [0.1, 0.15) is 18.9 Å². The Labute approximate surface area is 143 Å². The number of aromatic nitrogens is 2. The molecule has 25 heavy (non-hydrogen) atoms. The molecular weight excluding hydrogens is 335 g/mol. The number of allylic oxidation sites excluding steroid dienone is 1. The van der Waals surface area contributed by atoms with E-state index >= 15 is 0 Å². The van der Waals surface area contributed by atoms with Crippen molar-refractivity contribution in [3.05, 3.63) is 29.4 Å². The molecule has 3 atom stereocenters. The first-order valence-corrected chi connectivity index (χ1v) is 8.11. The second-order valence-electron chi connectivity index (χ2n) is 6.37. The van der Waals surface area contributed by atoms with Crippen molar-refractivity contribution in [2.45, 2.75) is 44.3 Å². The number of nitrogens with one attached hydrogen (secondary N) is 3. The van der Waals surface area contributed by atoms with Crippen LogP contribution >= 0.6 is 0 Å². The Hall–Kier alpha value is -2.07. The van der Waals surface area contributed by atoms with Gasteiger partial charge in [-0.3, -0.25) is 10.4 Å². The first kappa shape index (κ1) is 17.7. The van der Waals surface area contributed by atoms with Gasteiger partial charge in [0.25, 0.3) is 6.43 Å². The van der Waals surface area contributed by atoms with Crippen LogP contribution in [0.3, 0.4) is 0 Å². The Balaban J connectivity index is 1.66. The Morgan fingerprint density at radius 2 is 2.32 bits per heavy atom. The average molecular weight is 357 g/mol. The zero-order valence-corrected chi connectivity index (χ0v) is 13.8. The summed E-state index contributed by atoms with van der Waals surface area (Å²) in [4.78, 5) is 4.27. The zero-order valence-electron chi connectivity index (χ0n) is 13.8. The Morgan fingerprint density at radius 3 is 3.00 bits per heavy atom. The van der Waals surface area contributed by atoms with Crippen LogP contribution in [0.25, 0.3) is 0 Å². The van der Waals surface area contributed by atoms with Crippen LogP contribution in [-0.4, -0.2) is 47.7 Å². The molecule has 0 aromatic carbocycles. The van der Waals surface area contributed by atoms with Gasteiger partial charge in [0, 0.05) is 37.1 Å². The average Bonchev–Trinajstić information content (AvgIpc) is 3.17. The number of nitrogens with zero attached hydrogens (tertiary/aromatic N) is 3. The van der Waals surface area contributed by atoms with Gasteiger partial charge in [-0.05, 0) is 13.3 Å². The molecule has 10 heteroatoms. The van der Waals surface area contributed by atoms with Gasteiger partial charge in [-0.2, -0.15) is 5.10 Å². The van der Waals surface area contributed by atoms with Crippen LogP contribution in [0.15, 0.2) is 28.8 Å². The van der Waals surface area contributed by atoms with Gasteiger partial charge in [0.15, 0.2) is 0 Å². The molecular formula is C15H22F3N7. The van der Waals surface area contributed by atoms with Crippen LogP contribution in [0.5, 0.6) is 0 Å². The summed E-state index contributed by atoms with van der Waals surface area (Å²) in [7, 11) is 0. The van der Waals surface area contributed by atoms with Gasteiger partial charge in [0.05, 0.1) is 11.8 Å². The number of alkyl halides is 3. The van der Waals surface area contributed by atoms with E-state index in [-0.39, 0.29) is 6.04 Å². The van der Waals surface area contributed by atoms with E-state index in [1.807, 2.05) is 6.92 Å². The second-order valence-corrected chi connectivity index (χ2v) is 6.37. The minimum atomic E-state index is -2.50. The third-order valence-electron chi connectivity index (χ3n) is 4.26. The number of hydrogen-bond donors (Lipinski definition) is 4. The topological polar surface area (TPSA) is 92.3 Å². The lowest BCUT2D eigenvalue weighted by Gasteiger charge is -2.32. The fourth-order valence-corrected chi connectivity index (χ4v) is 2.87. The third-order valence-corrected chi connectivity index (χ3v) is 4.26. The minimum Gasteiger partial charge on any atom is -0.370 e. The molecule has 1 saturated heterocycles. The standard InChI is InChI=1S/C15H22F3N7/c1-9-3-22-15(19,10-4-23-25(7-10)8-13(17)18)24-14(9)21-6-12-2-11(16)5-20-12/h3-4,7,11-13,20-21,24H,2,5-6,8,19H2,1H3/t11-,12-,15?/m0/s1. The van der Waals surface area contributed by atoms with Crippen molar-refractivity contribution in [3.8, 4) is 0 Å². The molecule has 138 valence electrons. The van der Waals surface area contributed by atoms with E-state index in [0.717, 1.165) is 10.3 Å². The highest BCUT2D eigenvalue weighted by molar-refractivity contribution is 5.80. The molecule has 0 aliphatic carbocycles. The first-order chi connectivity index (χ1) is 11.9. The smallest absolute Gasteiger partial charge is 0.257 e. The van der Waals surface area contributed by atoms with Crippen molar-refractivity contribution in [2.24, 2.45) is 10.7 Å². The van der Waals surface area contributed by atoms with Crippen LogP contribution in [0.4, 0.5) is 13.2 Å². The highest BCUT2D eigenvalue weighted by Crippen LogP contribution is 2.22. The molecule has 0 amide bonds. The number of nitrogens with two attached hydrogens (primary N) is 1. The molecule has 3 rings (SSSR count). The lowest BCUT2D eigenvalue weighted by Crippen LogP contribution is -2.53. The molecule has 0 radical (unpaired) electrons. The van der Waals surface area contributed by atoms with Gasteiger partial charge < -0.3 is 16.0 Å². The van der Waals surface area contributed by atoms with E-state index in [9.17, 15) is 13.2 Å². The summed E-state index contributed by atoms with van der Waals surface area (Å²) in [6.07, 6.45) is 1.61. The van der Waals surface area contributed by atoms with Crippen molar-refractivity contribution >= 4 is 6.21 Å². The monoisotopic (exact) mass is 357 g/mol. The Bertz CT molecular complexity index is 672. The summed E-state index contributed by atoms with van der Waals surface area (Å²) in [5, 5.41) is 13.3. The maximum Gasteiger partial charge on any atom is 0.257 e. The number of halogens is 3. The molecule has 2 aliphatic rings. The SMILES string of the molecule is CC1=C(NC[C@@H]2C[C@H](F)CN2)NC(N)(c2cnn(CC(F)F)c2)N=C1. The van der Waals surface area contributed by atoms with Gasteiger partial charge in [-0.15, -0.1) is 0 Å². The molecule has 0 saturated carbocycles. The quantitative estimate of drug-likeness (QED) is 0.592. The number of aliphatic imine (C=N–C) groups is 1. The van der Waals surface area contributed by atoms with Gasteiger partial charge in [-0.25, -0.2) is 18.2 Å². The molecule has 0 bridgehead atoms. The Kier molecular flexibility index (Phi) is 5.00. The molecule has 2 aliphatic heterocycles.